The van der Waals surface area contributed by atoms with Crippen molar-refractivity contribution in [3.63, 3.8) is 0 Å². The third-order valence-electron chi connectivity index (χ3n) is 1.60. The van der Waals surface area contributed by atoms with E-state index in [1.54, 1.807) is 26.1 Å². The smallest absolute Gasteiger partial charge is 0.239 e. The zero-order valence-electron chi connectivity index (χ0n) is 7.55. The van der Waals surface area contributed by atoms with E-state index < -0.39 is 0 Å². The minimum atomic E-state index is -0.227. The first-order valence-corrected chi connectivity index (χ1v) is 3.69. The standard InChI is InChI=1S/C7H16N2O2/c1-5-9(11-4)6(2)7(10)8-3/h6H,5H2,1-4H3,(H,8,10). The molecule has 0 rings (SSSR count). The summed E-state index contributed by atoms with van der Waals surface area (Å²) in [5.41, 5.74) is 0. The van der Waals surface area contributed by atoms with Crippen LogP contribution in [0.15, 0.2) is 0 Å². The van der Waals surface area contributed by atoms with E-state index in [4.69, 9.17) is 4.84 Å². The summed E-state index contributed by atoms with van der Waals surface area (Å²) in [6.07, 6.45) is 0. The quantitative estimate of drug-likeness (QED) is 0.589. The van der Waals surface area contributed by atoms with Crippen molar-refractivity contribution in [1.82, 2.24) is 10.4 Å². The molecule has 0 aliphatic carbocycles. The minimum absolute atomic E-state index is 0.0336. The van der Waals surface area contributed by atoms with Crippen LogP contribution in [-0.4, -0.2) is 37.7 Å². The molecule has 0 aromatic heterocycles. The van der Waals surface area contributed by atoms with Crippen molar-refractivity contribution < 1.29 is 9.63 Å². The van der Waals surface area contributed by atoms with Gasteiger partial charge in [-0.1, -0.05) is 6.92 Å². The van der Waals surface area contributed by atoms with E-state index in [0.29, 0.717) is 6.54 Å². The van der Waals surface area contributed by atoms with E-state index in [9.17, 15) is 4.79 Å². The molecule has 66 valence electrons. The molecule has 0 aromatic carbocycles. The van der Waals surface area contributed by atoms with Crippen LogP contribution in [0.3, 0.4) is 0 Å². The molecular weight excluding hydrogens is 144 g/mol. The van der Waals surface area contributed by atoms with Crippen LogP contribution >= 0.6 is 0 Å². The number of nitrogens with zero attached hydrogens (tertiary/aromatic N) is 1. The van der Waals surface area contributed by atoms with Gasteiger partial charge in [0.2, 0.25) is 5.91 Å². The Labute approximate surface area is 67.5 Å². The molecule has 0 heterocycles. The summed E-state index contributed by atoms with van der Waals surface area (Å²) in [4.78, 5) is 16.0. The van der Waals surface area contributed by atoms with Gasteiger partial charge in [0, 0.05) is 13.6 Å². The Morgan fingerprint density at radius 1 is 1.73 bits per heavy atom. The van der Waals surface area contributed by atoms with E-state index >= 15 is 0 Å². The summed E-state index contributed by atoms with van der Waals surface area (Å²) in [6.45, 7) is 4.43. The third-order valence-corrected chi connectivity index (χ3v) is 1.60. The number of amides is 1. The van der Waals surface area contributed by atoms with E-state index in [-0.39, 0.29) is 11.9 Å². The summed E-state index contributed by atoms with van der Waals surface area (Å²) in [7, 11) is 3.17. The van der Waals surface area contributed by atoms with Gasteiger partial charge in [0.05, 0.1) is 7.11 Å². The maximum atomic E-state index is 11.0. The zero-order valence-corrected chi connectivity index (χ0v) is 7.55. The van der Waals surface area contributed by atoms with Gasteiger partial charge in [-0.15, -0.1) is 0 Å². The van der Waals surface area contributed by atoms with Crippen molar-refractivity contribution in [3.05, 3.63) is 0 Å². The SMILES string of the molecule is CCN(OC)C(C)C(=O)NC. The Hall–Kier alpha value is -0.610. The lowest BCUT2D eigenvalue weighted by molar-refractivity contribution is -0.167. The molecule has 0 aliphatic heterocycles. The molecular formula is C7H16N2O2. The second-order valence-corrected chi connectivity index (χ2v) is 2.21. The van der Waals surface area contributed by atoms with Gasteiger partial charge in [0.1, 0.15) is 6.04 Å². The lowest BCUT2D eigenvalue weighted by atomic mass is 10.3. The lowest BCUT2D eigenvalue weighted by Crippen LogP contribution is -2.43. The molecule has 0 aromatic rings. The first kappa shape index (κ1) is 10.4. The molecule has 0 aliphatic rings. The summed E-state index contributed by atoms with van der Waals surface area (Å²) in [5, 5.41) is 4.16. The molecule has 1 unspecified atom stereocenters. The molecule has 1 N–H and O–H groups in total. The van der Waals surface area contributed by atoms with Crippen molar-refractivity contribution in [3.8, 4) is 0 Å². The van der Waals surface area contributed by atoms with Crippen LogP contribution in [0.2, 0.25) is 0 Å². The molecule has 0 saturated carbocycles. The van der Waals surface area contributed by atoms with Gasteiger partial charge < -0.3 is 10.2 Å². The van der Waals surface area contributed by atoms with Crippen LogP contribution in [0.4, 0.5) is 0 Å². The molecule has 11 heavy (non-hydrogen) atoms. The molecule has 0 spiro atoms. The monoisotopic (exact) mass is 160 g/mol. The summed E-state index contributed by atoms with van der Waals surface area (Å²) in [6, 6.07) is -0.227. The normalized spacial score (nSPS) is 13.2. The first-order chi connectivity index (χ1) is 5.17. The maximum absolute atomic E-state index is 11.0. The third kappa shape index (κ3) is 2.86. The van der Waals surface area contributed by atoms with Crippen LogP contribution in [0, 0.1) is 0 Å². The number of carbonyl (C=O) groups excluding carboxylic acids is 1. The van der Waals surface area contributed by atoms with Gasteiger partial charge in [0.25, 0.3) is 0 Å². The van der Waals surface area contributed by atoms with E-state index in [0.717, 1.165) is 0 Å². The fourth-order valence-corrected chi connectivity index (χ4v) is 0.901. The van der Waals surface area contributed by atoms with E-state index in [1.807, 2.05) is 6.92 Å². The molecule has 0 fully saturated rings. The Kier molecular flexibility index (Phi) is 4.81. The number of hydrogen-bond donors (Lipinski definition) is 1. The largest absolute Gasteiger partial charge is 0.358 e. The van der Waals surface area contributed by atoms with E-state index in [1.165, 1.54) is 0 Å². The Balaban J connectivity index is 3.97. The van der Waals surface area contributed by atoms with Crippen LogP contribution in [-0.2, 0) is 9.63 Å². The minimum Gasteiger partial charge on any atom is -0.358 e. The second-order valence-electron chi connectivity index (χ2n) is 2.21. The highest BCUT2D eigenvalue weighted by atomic mass is 16.7. The highest BCUT2D eigenvalue weighted by Gasteiger charge is 2.17. The number of likely N-dealkylation sites (N-methyl/N-ethyl adjacent to an activating group) is 2. The Morgan fingerprint density at radius 3 is 2.55 bits per heavy atom. The molecule has 1 amide bonds. The van der Waals surface area contributed by atoms with Crippen molar-refractivity contribution >= 4 is 5.91 Å². The molecule has 0 saturated heterocycles. The average Bonchev–Trinajstić information content (AvgIpc) is 2.05. The molecule has 1 atom stereocenters. The Bertz CT molecular complexity index is 124. The highest BCUT2D eigenvalue weighted by molar-refractivity contribution is 5.80. The van der Waals surface area contributed by atoms with Gasteiger partial charge in [-0.25, -0.2) is 0 Å². The van der Waals surface area contributed by atoms with E-state index in [2.05, 4.69) is 5.32 Å². The fourth-order valence-electron chi connectivity index (χ4n) is 0.901. The van der Waals surface area contributed by atoms with Crippen molar-refractivity contribution in [2.45, 2.75) is 19.9 Å². The first-order valence-electron chi connectivity index (χ1n) is 3.69. The zero-order chi connectivity index (χ0) is 8.85. The van der Waals surface area contributed by atoms with Crippen molar-refractivity contribution in [2.75, 3.05) is 20.7 Å². The number of carbonyl (C=O) groups is 1. The Morgan fingerprint density at radius 2 is 2.27 bits per heavy atom. The average molecular weight is 160 g/mol. The van der Waals surface area contributed by atoms with Gasteiger partial charge in [-0.3, -0.25) is 4.79 Å². The number of rotatable bonds is 4. The summed E-state index contributed by atoms with van der Waals surface area (Å²) < 4.78 is 0. The van der Waals surface area contributed by atoms with Gasteiger partial charge in [-0.05, 0) is 6.92 Å². The highest BCUT2D eigenvalue weighted by Crippen LogP contribution is 1.97. The van der Waals surface area contributed by atoms with Gasteiger partial charge in [-0.2, -0.15) is 5.06 Å². The predicted molar refractivity (Wildman–Crippen MR) is 42.9 cm³/mol. The van der Waals surface area contributed by atoms with Gasteiger partial charge >= 0.3 is 0 Å². The van der Waals surface area contributed by atoms with Crippen LogP contribution < -0.4 is 5.32 Å². The second kappa shape index (κ2) is 5.09. The lowest BCUT2D eigenvalue weighted by Gasteiger charge is -2.23. The molecule has 0 bridgehead atoms. The summed E-state index contributed by atoms with van der Waals surface area (Å²) in [5.74, 6) is -0.0336. The topological polar surface area (TPSA) is 41.6 Å². The van der Waals surface area contributed by atoms with Crippen molar-refractivity contribution in [2.24, 2.45) is 0 Å². The van der Waals surface area contributed by atoms with Crippen LogP contribution in [0.5, 0.6) is 0 Å². The number of hydrogen-bond acceptors (Lipinski definition) is 3. The maximum Gasteiger partial charge on any atom is 0.239 e. The molecule has 0 radical (unpaired) electrons. The molecule has 4 heteroatoms. The van der Waals surface area contributed by atoms with Crippen LogP contribution in [0.25, 0.3) is 0 Å². The number of hydroxylamine groups is 2. The van der Waals surface area contributed by atoms with Crippen molar-refractivity contribution in [1.29, 1.82) is 0 Å². The predicted octanol–water partition coefficient (Wildman–Crippen LogP) is 0.00420. The molecule has 4 nitrogen and oxygen atoms in total. The summed E-state index contributed by atoms with van der Waals surface area (Å²) >= 11 is 0. The fraction of sp³-hybridized carbons (Fsp3) is 0.857. The van der Waals surface area contributed by atoms with Gasteiger partial charge in [0.15, 0.2) is 0 Å². The number of nitrogens with one attached hydrogen (secondary N) is 1. The van der Waals surface area contributed by atoms with Crippen LogP contribution in [0.1, 0.15) is 13.8 Å².